The Balaban J connectivity index is 1.79. The largest absolute Gasteiger partial charge is 0.363 e. The first-order chi connectivity index (χ1) is 15.6. The Bertz CT molecular complexity index is 1480. The van der Waals surface area contributed by atoms with E-state index in [-0.39, 0.29) is 22.5 Å². The molecule has 1 aliphatic heterocycles. The number of alkyl halides is 2. The molecule has 12 heteroatoms. The quantitative estimate of drug-likeness (QED) is 0.515. The Morgan fingerprint density at radius 2 is 1.97 bits per heavy atom. The van der Waals surface area contributed by atoms with E-state index in [2.05, 4.69) is 20.0 Å². The lowest BCUT2D eigenvalue weighted by atomic mass is 10.0. The average molecular weight is 476 g/mol. The number of hydrogen-bond donors (Lipinski definition) is 3. The van der Waals surface area contributed by atoms with Gasteiger partial charge in [-0.2, -0.15) is 0 Å². The molecule has 33 heavy (non-hydrogen) atoms. The molecule has 0 saturated carbocycles. The lowest BCUT2D eigenvalue weighted by molar-refractivity contribution is 0.146. The van der Waals surface area contributed by atoms with Crippen LogP contribution in [0.3, 0.4) is 0 Å². The van der Waals surface area contributed by atoms with Crippen molar-refractivity contribution in [3.63, 3.8) is 0 Å². The van der Waals surface area contributed by atoms with Crippen molar-refractivity contribution in [3.8, 4) is 0 Å². The monoisotopic (exact) mass is 476 g/mol. The number of anilines is 1. The van der Waals surface area contributed by atoms with Crippen LogP contribution in [0.1, 0.15) is 36.1 Å². The summed E-state index contributed by atoms with van der Waals surface area (Å²) in [5, 5.41) is 4.61. The van der Waals surface area contributed by atoms with Crippen LogP contribution < -0.4 is 15.6 Å². The van der Waals surface area contributed by atoms with Crippen LogP contribution in [0.5, 0.6) is 0 Å². The summed E-state index contributed by atoms with van der Waals surface area (Å²) in [7, 11) is -1.58. The number of fused-ring (bicyclic) bond motifs is 1. The van der Waals surface area contributed by atoms with E-state index in [0.29, 0.717) is 16.6 Å². The molecule has 0 saturated heterocycles. The van der Waals surface area contributed by atoms with Gasteiger partial charge in [-0.1, -0.05) is 18.2 Å². The van der Waals surface area contributed by atoms with Gasteiger partial charge in [0.25, 0.3) is 12.0 Å². The third kappa shape index (κ3) is 4.21. The Morgan fingerprint density at radius 1 is 1.24 bits per heavy atom. The van der Waals surface area contributed by atoms with E-state index in [1.807, 2.05) is 0 Å². The fraction of sp³-hybridized carbons (Fsp3) is 0.190. The molecule has 0 spiro atoms. The number of halogens is 3. The highest BCUT2D eigenvalue weighted by Gasteiger charge is 2.21. The Labute approximate surface area is 187 Å². The summed E-state index contributed by atoms with van der Waals surface area (Å²) in [5.74, 6) is -0.731. The van der Waals surface area contributed by atoms with E-state index < -0.39 is 33.8 Å². The Kier molecular flexibility index (Phi) is 5.70. The van der Waals surface area contributed by atoms with E-state index in [4.69, 9.17) is 4.78 Å². The molecule has 0 fully saturated rings. The van der Waals surface area contributed by atoms with Crippen molar-refractivity contribution < 1.29 is 17.4 Å². The normalized spacial score (nSPS) is 18.8. The molecule has 3 N–H and O–H groups in total. The molecule has 0 amide bonds. The number of pyridine rings is 1. The number of nitrogens with one attached hydrogen (secondary N) is 3. The summed E-state index contributed by atoms with van der Waals surface area (Å²) >= 11 is 0. The number of hydrogen-bond acceptors (Lipinski definition) is 6. The standard InChI is InChI=1S/C21H19F3N6O2S/c1-11(13-4-3-5-14(17(13)22)18(23)24)29-19-16-8-15(12-6-7-33(25,32)28-9-12)21(31)30(2)20(16)27-10-26-19/h3-11,18H,1-2H3,(H2,25,28,32)(H,26,27,29). The zero-order chi connectivity index (χ0) is 23.9. The Hall–Kier alpha value is -3.67. The van der Waals surface area contributed by atoms with Crippen LogP contribution in [0, 0.1) is 10.6 Å². The highest BCUT2D eigenvalue weighted by molar-refractivity contribution is 7.93. The first kappa shape index (κ1) is 22.5. The van der Waals surface area contributed by atoms with Gasteiger partial charge in [0.2, 0.25) is 0 Å². The van der Waals surface area contributed by atoms with E-state index in [0.717, 1.165) is 11.5 Å². The fourth-order valence-corrected chi connectivity index (χ4v) is 4.24. The van der Waals surface area contributed by atoms with E-state index in [1.54, 1.807) is 6.92 Å². The zero-order valence-corrected chi connectivity index (χ0v) is 18.3. The molecule has 2 atom stereocenters. The average Bonchev–Trinajstić information content (AvgIpc) is 2.76. The molecule has 1 aliphatic rings. The van der Waals surface area contributed by atoms with Crippen molar-refractivity contribution in [1.29, 1.82) is 4.78 Å². The van der Waals surface area contributed by atoms with Gasteiger partial charge < -0.3 is 10.0 Å². The smallest absolute Gasteiger partial charge is 0.266 e. The van der Waals surface area contributed by atoms with Gasteiger partial charge in [-0.15, -0.1) is 0 Å². The van der Waals surface area contributed by atoms with Gasteiger partial charge in [0.15, 0.2) is 0 Å². The third-order valence-electron chi connectivity index (χ3n) is 5.26. The summed E-state index contributed by atoms with van der Waals surface area (Å²) in [6.45, 7) is 1.60. The SMILES string of the molecule is CC(Nc1ncnc2c1cc(C1=CNS(=N)(=O)C=C1)c(=O)n2C)c1cccc(C(F)F)c1F. The molecule has 0 bridgehead atoms. The van der Waals surface area contributed by atoms with E-state index >= 15 is 0 Å². The number of nitrogens with zero attached hydrogens (tertiary/aromatic N) is 3. The van der Waals surface area contributed by atoms with Crippen molar-refractivity contribution in [2.45, 2.75) is 19.4 Å². The second-order valence-corrected chi connectivity index (χ2v) is 9.13. The predicted octanol–water partition coefficient (Wildman–Crippen LogP) is 4.00. The van der Waals surface area contributed by atoms with Gasteiger partial charge >= 0.3 is 0 Å². The van der Waals surface area contributed by atoms with Crippen molar-refractivity contribution in [1.82, 2.24) is 19.3 Å². The maximum Gasteiger partial charge on any atom is 0.266 e. The van der Waals surface area contributed by atoms with Gasteiger partial charge in [0.05, 0.1) is 17.0 Å². The minimum atomic E-state index is -3.10. The molecule has 2 unspecified atom stereocenters. The molecule has 0 radical (unpaired) electrons. The molecule has 1 aromatic carbocycles. The van der Waals surface area contributed by atoms with Gasteiger partial charge in [0.1, 0.15) is 33.5 Å². The summed E-state index contributed by atoms with van der Waals surface area (Å²) in [5.41, 5.74) is -0.0908. The van der Waals surface area contributed by atoms with Gasteiger partial charge in [-0.05, 0) is 19.1 Å². The van der Waals surface area contributed by atoms with Crippen LogP contribution in [0.4, 0.5) is 19.0 Å². The summed E-state index contributed by atoms with van der Waals surface area (Å²) < 4.78 is 63.9. The molecule has 8 nitrogen and oxygen atoms in total. The number of aryl methyl sites for hydroxylation is 1. The number of allylic oxidation sites excluding steroid dienone is 2. The maximum atomic E-state index is 14.6. The van der Waals surface area contributed by atoms with Crippen LogP contribution in [-0.4, -0.2) is 18.7 Å². The third-order valence-corrected chi connectivity index (χ3v) is 6.24. The van der Waals surface area contributed by atoms with Crippen molar-refractivity contribution >= 4 is 32.3 Å². The number of rotatable bonds is 5. The minimum absolute atomic E-state index is 0.0388. The van der Waals surface area contributed by atoms with Gasteiger partial charge in [-0.3, -0.25) is 9.36 Å². The first-order valence-electron chi connectivity index (χ1n) is 9.71. The van der Waals surface area contributed by atoms with Crippen LogP contribution >= 0.6 is 0 Å². The summed E-state index contributed by atoms with van der Waals surface area (Å²) in [6.07, 6.45) is 1.03. The highest BCUT2D eigenvalue weighted by atomic mass is 32.2. The van der Waals surface area contributed by atoms with E-state index in [9.17, 15) is 22.2 Å². The van der Waals surface area contributed by atoms with Crippen LogP contribution in [0.15, 0.2) is 53.1 Å². The molecule has 172 valence electrons. The van der Waals surface area contributed by atoms with Crippen LogP contribution in [-0.2, 0) is 17.0 Å². The lowest BCUT2D eigenvalue weighted by Crippen LogP contribution is -2.24. The molecular formula is C21H19F3N6O2S. The van der Waals surface area contributed by atoms with Crippen molar-refractivity contribution in [2.75, 3.05) is 5.32 Å². The highest BCUT2D eigenvalue weighted by Crippen LogP contribution is 2.30. The second kappa shape index (κ2) is 8.35. The van der Waals surface area contributed by atoms with E-state index in [1.165, 1.54) is 48.4 Å². The van der Waals surface area contributed by atoms with Crippen molar-refractivity contribution in [3.05, 3.63) is 81.1 Å². The minimum Gasteiger partial charge on any atom is -0.363 e. The molecule has 0 aliphatic carbocycles. The molecular weight excluding hydrogens is 457 g/mol. The lowest BCUT2D eigenvalue weighted by Gasteiger charge is -2.19. The second-order valence-electron chi connectivity index (χ2n) is 7.42. The summed E-state index contributed by atoms with van der Waals surface area (Å²) in [4.78, 5) is 21.2. The molecule has 2 aromatic heterocycles. The molecule has 3 aromatic rings. The van der Waals surface area contributed by atoms with Gasteiger partial charge in [-0.25, -0.2) is 32.1 Å². The number of aromatic nitrogens is 3. The summed E-state index contributed by atoms with van der Waals surface area (Å²) in [6, 6.07) is 4.61. The number of benzene rings is 1. The molecule has 3 heterocycles. The van der Waals surface area contributed by atoms with Crippen molar-refractivity contribution in [2.24, 2.45) is 7.05 Å². The van der Waals surface area contributed by atoms with Crippen LogP contribution in [0.25, 0.3) is 16.6 Å². The van der Waals surface area contributed by atoms with Gasteiger partial charge in [0, 0.05) is 35.4 Å². The maximum absolute atomic E-state index is 14.6. The molecule has 4 rings (SSSR count). The fourth-order valence-electron chi connectivity index (χ4n) is 3.52. The zero-order valence-electron chi connectivity index (χ0n) is 17.5. The van der Waals surface area contributed by atoms with Crippen LogP contribution in [0.2, 0.25) is 0 Å². The first-order valence-corrected chi connectivity index (χ1v) is 11.3. The predicted molar refractivity (Wildman–Crippen MR) is 119 cm³/mol. The topological polar surface area (TPSA) is 113 Å². The Morgan fingerprint density at radius 3 is 2.64 bits per heavy atom.